The van der Waals surface area contributed by atoms with Crippen LogP contribution in [0.5, 0.6) is 5.75 Å². The number of ether oxygens (including phenoxy) is 1. The van der Waals surface area contributed by atoms with Crippen LogP contribution in [0.15, 0.2) is 29.3 Å². The Hall–Kier alpha value is -2.04. The first-order chi connectivity index (χ1) is 9.68. The minimum Gasteiger partial charge on any atom is -0.497 e. The van der Waals surface area contributed by atoms with Gasteiger partial charge in [0.2, 0.25) is 0 Å². The predicted octanol–water partition coefficient (Wildman–Crippen LogP) is 1.54. The number of amides is 1. The molecule has 106 valence electrons. The molecular weight excluding hydrogens is 254 g/mol. The van der Waals surface area contributed by atoms with Gasteiger partial charge in [0.05, 0.1) is 13.2 Å². The Balaban J connectivity index is 1.91. The number of benzene rings is 1. The molecule has 2 aliphatic rings. The smallest absolute Gasteiger partial charge is 0.257 e. The van der Waals surface area contributed by atoms with Crippen molar-refractivity contribution in [2.75, 3.05) is 7.11 Å². The van der Waals surface area contributed by atoms with E-state index in [1.165, 1.54) is 0 Å². The third kappa shape index (κ3) is 2.13. The van der Waals surface area contributed by atoms with Crippen LogP contribution < -0.4 is 15.4 Å². The molecule has 0 aromatic heterocycles. The first-order valence-electron chi connectivity index (χ1n) is 7.00. The Morgan fingerprint density at radius 3 is 2.60 bits per heavy atom. The number of carbonyl (C=O) groups is 1. The molecule has 0 radical (unpaired) electrons. The number of nitrogens with one attached hydrogen (secondary N) is 2. The number of hydrogen-bond acceptors (Lipinski definition) is 3. The SMILES string of the molecule is CCC1(c2ccc(OC)cc2)NC(=NC2CC2)NC1=O. The van der Waals surface area contributed by atoms with Crippen molar-refractivity contribution in [2.45, 2.75) is 37.8 Å². The molecule has 1 heterocycles. The summed E-state index contributed by atoms with van der Waals surface area (Å²) >= 11 is 0. The maximum atomic E-state index is 12.4. The Labute approximate surface area is 118 Å². The molecule has 5 heteroatoms. The molecule has 1 saturated heterocycles. The molecule has 0 bridgehead atoms. The van der Waals surface area contributed by atoms with Crippen LogP contribution in [0.25, 0.3) is 0 Å². The minimum absolute atomic E-state index is 0.0374. The molecular formula is C15H19N3O2. The second-order valence-electron chi connectivity index (χ2n) is 5.28. The van der Waals surface area contributed by atoms with Crippen molar-refractivity contribution in [2.24, 2.45) is 4.99 Å². The normalized spacial score (nSPS) is 27.3. The van der Waals surface area contributed by atoms with Gasteiger partial charge in [-0.3, -0.25) is 10.1 Å². The van der Waals surface area contributed by atoms with E-state index in [4.69, 9.17) is 4.74 Å². The highest BCUT2D eigenvalue weighted by atomic mass is 16.5. The van der Waals surface area contributed by atoms with Crippen LogP contribution in [0.4, 0.5) is 0 Å². The van der Waals surface area contributed by atoms with Gasteiger partial charge in [-0.25, -0.2) is 4.99 Å². The highest BCUT2D eigenvalue weighted by Gasteiger charge is 2.45. The highest BCUT2D eigenvalue weighted by molar-refractivity contribution is 6.09. The maximum Gasteiger partial charge on any atom is 0.257 e. The molecule has 1 unspecified atom stereocenters. The van der Waals surface area contributed by atoms with Crippen LogP contribution in [-0.4, -0.2) is 25.0 Å². The zero-order valence-corrected chi connectivity index (χ0v) is 11.8. The Kier molecular flexibility index (Phi) is 3.12. The van der Waals surface area contributed by atoms with E-state index >= 15 is 0 Å². The molecule has 20 heavy (non-hydrogen) atoms. The van der Waals surface area contributed by atoms with Gasteiger partial charge in [0.1, 0.15) is 11.3 Å². The van der Waals surface area contributed by atoms with Crippen molar-refractivity contribution in [1.29, 1.82) is 0 Å². The Bertz CT molecular complexity index is 549. The van der Waals surface area contributed by atoms with E-state index < -0.39 is 5.54 Å². The minimum atomic E-state index is -0.722. The van der Waals surface area contributed by atoms with Crippen LogP contribution in [0.3, 0.4) is 0 Å². The predicted molar refractivity (Wildman–Crippen MR) is 76.7 cm³/mol. The first kappa shape index (κ1) is 13.0. The highest BCUT2D eigenvalue weighted by Crippen LogP contribution is 2.31. The summed E-state index contributed by atoms with van der Waals surface area (Å²) in [5.41, 5.74) is 0.208. The van der Waals surface area contributed by atoms with Crippen LogP contribution in [0, 0.1) is 0 Å². The van der Waals surface area contributed by atoms with E-state index in [2.05, 4.69) is 15.6 Å². The summed E-state index contributed by atoms with van der Waals surface area (Å²) in [6.07, 6.45) is 2.89. The summed E-state index contributed by atoms with van der Waals surface area (Å²) in [4.78, 5) is 16.9. The number of hydrogen-bond donors (Lipinski definition) is 2. The van der Waals surface area contributed by atoms with Crippen molar-refractivity contribution in [3.05, 3.63) is 29.8 Å². The summed E-state index contributed by atoms with van der Waals surface area (Å²) in [5.74, 6) is 1.35. The van der Waals surface area contributed by atoms with Crippen LogP contribution >= 0.6 is 0 Å². The van der Waals surface area contributed by atoms with Crippen molar-refractivity contribution in [3.8, 4) is 5.75 Å². The van der Waals surface area contributed by atoms with Crippen LogP contribution in [0.2, 0.25) is 0 Å². The third-order valence-electron chi connectivity index (χ3n) is 3.92. The van der Waals surface area contributed by atoms with Crippen LogP contribution in [-0.2, 0) is 10.3 Å². The maximum absolute atomic E-state index is 12.4. The van der Waals surface area contributed by atoms with E-state index in [0.29, 0.717) is 18.4 Å². The zero-order valence-electron chi connectivity index (χ0n) is 11.8. The van der Waals surface area contributed by atoms with Crippen molar-refractivity contribution < 1.29 is 9.53 Å². The number of methoxy groups -OCH3 is 1. The number of rotatable bonds is 4. The van der Waals surface area contributed by atoms with Gasteiger partial charge in [0.25, 0.3) is 5.91 Å². The summed E-state index contributed by atoms with van der Waals surface area (Å²) in [5, 5.41) is 6.14. The lowest BCUT2D eigenvalue weighted by molar-refractivity contribution is -0.124. The van der Waals surface area contributed by atoms with Gasteiger partial charge in [0.15, 0.2) is 5.96 Å². The van der Waals surface area contributed by atoms with Gasteiger partial charge >= 0.3 is 0 Å². The number of carbonyl (C=O) groups excluding carboxylic acids is 1. The molecule has 1 aliphatic heterocycles. The average Bonchev–Trinajstić information content (AvgIpc) is 3.22. The molecule has 0 spiro atoms. The lowest BCUT2D eigenvalue weighted by Gasteiger charge is -2.25. The summed E-state index contributed by atoms with van der Waals surface area (Å²) in [6, 6.07) is 7.97. The topological polar surface area (TPSA) is 62.7 Å². The van der Waals surface area contributed by atoms with Gasteiger partial charge in [-0.2, -0.15) is 0 Å². The first-order valence-corrected chi connectivity index (χ1v) is 7.00. The summed E-state index contributed by atoms with van der Waals surface area (Å²) < 4.78 is 5.16. The fourth-order valence-corrected chi connectivity index (χ4v) is 2.49. The van der Waals surface area contributed by atoms with Gasteiger partial charge in [0, 0.05) is 0 Å². The summed E-state index contributed by atoms with van der Waals surface area (Å²) in [7, 11) is 1.63. The standard InChI is InChI=1S/C15H19N3O2/c1-3-15(10-4-8-12(20-2)9-5-10)13(19)17-14(18-15)16-11-6-7-11/h4-5,8-9,11H,3,6-7H2,1-2H3,(H2,16,17,18,19). The zero-order chi connectivity index (χ0) is 14.2. The van der Waals surface area contributed by atoms with E-state index in [-0.39, 0.29) is 5.91 Å². The van der Waals surface area contributed by atoms with Crippen LogP contribution in [0.1, 0.15) is 31.7 Å². The lowest BCUT2D eigenvalue weighted by atomic mass is 9.87. The number of aliphatic imine (C=N–C) groups is 1. The van der Waals surface area contributed by atoms with Crippen molar-refractivity contribution >= 4 is 11.9 Å². The quantitative estimate of drug-likeness (QED) is 0.874. The third-order valence-corrected chi connectivity index (χ3v) is 3.92. The van der Waals surface area contributed by atoms with E-state index in [0.717, 1.165) is 24.2 Å². The second kappa shape index (κ2) is 4.81. The molecule has 1 aromatic carbocycles. The molecule has 2 fully saturated rings. The largest absolute Gasteiger partial charge is 0.497 e. The van der Waals surface area contributed by atoms with Gasteiger partial charge in [-0.05, 0) is 37.0 Å². The van der Waals surface area contributed by atoms with Gasteiger partial charge < -0.3 is 10.1 Å². The van der Waals surface area contributed by atoms with Crippen molar-refractivity contribution in [3.63, 3.8) is 0 Å². The molecule has 3 rings (SSSR count). The van der Waals surface area contributed by atoms with E-state index in [1.807, 2.05) is 31.2 Å². The van der Waals surface area contributed by atoms with E-state index in [1.54, 1.807) is 7.11 Å². The monoisotopic (exact) mass is 273 g/mol. The molecule has 1 saturated carbocycles. The molecule has 1 aliphatic carbocycles. The molecule has 2 N–H and O–H groups in total. The summed E-state index contributed by atoms with van der Waals surface area (Å²) in [6.45, 7) is 2.00. The Morgan fingerprint density at radius 1 is 1.35 bits per heavy atom. The van der Waals surface area contributed by atoms with Gasteiger partial charge in [-0.15, -0.1) is 0 Å². The molecule has 1 atom stereocenters. The average molecular weight is 273 g/mol. The van der Waals surface area contributed by atoms with Crippen molar-refractivity contribution in [1.82, 2.24) is 10.6 Å². The Morgan fingerprint density at radius 2 is 2.05 bits per heavy atom. The fourth-order valence-electron chi connectivity index (χ4n) is 2.49. The molecule has 1 amide bonds. The fraction of sp³-hybridized carbons (Fsp3) is 0.467. The molecule has 1 aromatic rings. The molecule has 5 nitrogen and oxygen atoms in total. The lowest BCUT2D eigenvalue weighted by Crippen LogP contribution is -2.43. The van der Waals surface area contributed by atoms with E-state index in [9.17, 15) is 4.79 Å². The number of guanidine groups is 1. The van der Waals surface area contributed by atoms with Gasteiger partial charge in [-0.1, -0.05) is 19.1 Å². The second-order valence-corrected chi connectivity index (χ2v) is 5.28. The number of nitrogens with zero attached hydrogens (tertiary/aromatic N) is 1.